The van der Waals surface area contributed by atoms with Gasteiger partial charge in [-0.2, -0.15) is 0 Å². The maximum atomic E-state index is 12.3. The zero-order valence-electron chi connectivity index (χ0n) is 14.0. The van der Waals surface area contributed by atoms with Crippen LogP contribution in [0, 0.1) is 0 Å². The number of carbonyl (C=O) groups is 1. The highest BCUT2D eigenvalue weighted by Gasteiger charge is 2.25. The maximum Gasteiger partial charge on any atom is 0.206 e. The molecule has 3 rings (SSSR count). The van der Waals surface area contributed by atoms with E-state index in [9.17, 15) is 20.1 Å². The molecule has 0 radical (unpaired) electrons. The van der Waals surface area contributed by atoms with Crippen LogP contribution in [0.4, 0.5) is 11.4 Å². The summed E-state index contributed by atoms with van der Waals surface area (Å²) in [6, 6.07) is 8.52. The van der Waals surface area contributed by atoms with E-state index in [2.05, 4.69) is 10.3 Å². The molecule has 1 aliphatic rings. The zero-order chi connectivity index (χ0) is 19.7. The summed E-state index contributed by atoms with van der Waals surface area (Å²) in [6.07, 6.45) is 1.04. The van der Waals surface area contributed by atoms with Crippen LogP contribution in [0.3, 0.4) is 0 Å². The lowest BCUT2D eigenvalue weighted by atomic mass is 9.98. The lowest BCUT2D eigenvalue weighted by Crippen LogP contribution is -2.22. The van der Waals surface area contributed by atoms with Crippen molar-refractivity contribution in [3.8, 4) is 11.5 Å². The number of phenolic OH excluding ortho intramolecular Hbond substituents is 2. The van der Waals surface area contributed by atoms with E-state index in [1.807, 2.05) is 0 Å². The van der Waals surface area contributed by atoms with Crippen molar-refractivity contribution in [3.63, 3.8) is 0 Å². The second-order valence-electron chi connectivity index (χ2n) is 5.78. The molecule has 4 N–H and O–H groups in total. The normalized spacial score (nSPS) is 15.9. The summed E-state index contributed by atoms with van der Waals surface area (Å²) in [5.74, 6) is -0.777. The Balaban J connectivity index is 2.05. The molecule has 8 heteroatoms. The molecule has 27 heavy (non-hydrogen) atoms. The van der Waals surface area contributed by atoms with Crippen molar-refractivity contribution in [2.45, 2.75) is 6.92 Å². The van der Waals surface area contributed by atoms with Crippen molar-refractivity contribution in [3.05, 3.63) is 69.5 Å². The largest absolute Gasteiger partial charge is 0.508 e. The van der Waals surface area contributed by atoms with Crippen LogP contribution < -0.4 is 5.32 Å². The second-order valence-corrected chi connectivity index (χ2v) is 6.59. The summed E-state index contributed by atoms with van der Waals surface area (Å²) in [7, 11) is 0. The van der Waals surface area contributed by atoms with E-state index in [1.54, 1.807) is 6.92 Å². The predicted octanol–water partition coefficient (Wildman–Crippen LogP) is 4.89. The summed E-state index contributed by atoms with van der Waals surface area (Å²) >= 11 is 12.1. The summed E-state index contributed by atoms with van der Waals surface area (Å²) in [5, 5.41) is 32.4. The van der Waals surface area contributed by atoms with E-state index >= 15 is 0 Å². The number of halogens is 2. The number of nitrogens with zero attached hydrogens (tertiary/aromatic N) is 1. The average Bonchev–Trinajstić information content (AvgIpc) is 2.58. The van der Waals surface area contributed by atoms with Crippen LogP contribution in [0.2, 0.25) is 10.0 Å². The highest BCUT2D eigenvalue weighted by Crippen LogP contribution is 2.32. The number of phenols is 2. The summed E-state index contributed by atoms with van der Waals surface area (Å²) < 4.78 is 0. The van der Waals surface area contributed by atoms with E-state index < -0.39 is 5.78 Å². The van der Waals surface area contributed by atoms with E-state index in [1.165, 1.54) is 36.4 Å². The lowest BCUT2D eigenvalue weighted by Gasteiger charge is -2.19. The highest BCUT2D eigenvalue weighted by molar-refractivity contribution is 6.34. The molecule has 0 spiro atoms. The molecular weight excluding hydrogens is 391 g/mol. The topological polar surface area (TPSA) is 102 Å². The van der Waals surface area contributed by atoms with Gasteiger partial charge in [0.25, 0.3) is 0 Å². The molecule has 6 nitrogen and oxygen atoms in total. The molecule has 1 aliphatic carbocycles. The summed E-state index contributed by atoms with van der Waals surface area (Å²) in [4.78, 5) is 16.7. The Morgan fingerprint density at radius 3 is 2.22 bits per heavy atom. The SMILES string of the molecule is CC1=C(Nc2ccc(O)cc2Cl)C(=O)C=C(O)/C1=N/c1ccc(O)cc1Cl. The number of nitrogens with one attached hydrogen (secondary N) is 1. The van der Waals surface area contributed by atoms with Crippen molar-refractivity contribution >= 4 is 46.1 Å². The van der Waals surface area contributed by atoms with Gasteiger partial charge in [0, 0.05) is 23.8 Å². The predicted molar refractivity (Wildman–Crippen MR) is 105 cm³/mol. The van der Waals surface area contributed by atoms with Crippen LogP contribution in [0.15, 0.2) is 64.5 Å². The third-order valence-corrected chi connectivity index (χ3v) is 4.48. The first-order chi connectivity index (χ1) is 12.8. The number of hydrogen-bond donors (Lipinski definition) is 4. The molecular formula is C19H14Cl2N2O4. The second kappa shape index (κ2) is 7.34. The third-order valence-electron chi connectivity index (χ3n) is 3.86. The minimum atomic E-state index is -0.454. The fourth-order valence-corrected chi connectivity index (χ4v) is 2.94. The van der Waals surface area contributed by atoms with Gasteiger partial charge in [-0.25, -0.2) is 4.99 Å². The van der Waals surface area contributed by atoms with Crippen molar-refractivity contribution in [1.29, 1.82) is 0 Å². The van der Waals surface area contributed by atoms with Crippen LogP contribution in [0.25, 0.3) is 0 Å². The number of anilines is 1. The first-order valence-electron chi connectivity index (χ1n) is 7.75. The van der Waals surface area contributed by atoms with E-state index in [-0.39, 0.29) is 38.7 Å². The van der Waals surface area contributed by atoms with E-state index in [0.717, 1.165) is 6.08 Å². The van der Waals surface area contributed by atoms with Gasteiger partial charge in [-0.15, -0.1) is 0 Å². The zero-order valence-corrected chi connectivity index (χ0v) is 15.5. The van der Waals surface area contributed by atoms with E-state index in [4.69, 9.17) is 23.2 Å². The van der Waals surface area contributed by atoms with Gasteiger partial charge in [-0.05, 0) is 31.2 Å². The van der Waals surface area contributed by atoms with Gasteiger partial charge < -0.3 is 20.6 Å². The Labute approximate surface area is 164 Å². The summed E-state index contributed by atoms with van der Waals surface area (Å²) in [6.45, 7) is 1.62. The smallest absolute Gasteiger partial charge is 0.206 e. The van der Waals surface area contributed by atoms with Crippen LogP contribution in [-0.4, -0.2) is 26.8 Å². The molecule has 0 heterocycles. The van der Waals surface area contributed by atoms with Gasteiger partial charge in [0.05, 0.1) is 27.1 Å². The lowest BCUT2D eigenvalue weighted by molar-refractivity contribution is -0.111. The van der Waals surface area contributed by atoms with Crippen LogP contribution in [0.5, 0.6) is 11.5 Å². The number of hydrogen-bond acceptors (Lipinski definition) is 6. The molecule has 0 bridgehead atoms. The summed E-state index contributed by atoms with van der Waals surface area (Å²) in [5.41, 5.74) is 1.44. The molecule has 0 saturated heterocycles. The Bertz CT molecular complexity index is 1040. The molecule has 0 aromatic heterocycles. The molecule has 0 unspecified atom stereocenters. The minimum absolute atomic E-state index is 0.00649. The number of ketones is 1. The Kier molecular flexibility index (Phi) is 5.12. The van der Waals surface area contributed by atoms with Crippen LogP contribution in [-0.2, 0) is 4.79 Å². The Morgan fingerprint density at radius 2 is 1.59 bits per heavy atom. The first kappa shape index (κ1) is 18.8. The van der Waals surface area contributed by atoms with Gasteiger partial charge in [-0.1, -0.05) is 23.2 Å². The number of benzene rings is 2. The molecule has 0 saturated carbocycles. The van der Waals surface area contributed by atoms with Crippen molar-refractivity contribution in [1.82, 2.24) is 0 Å². The van der Waals surface area contributed by atoms with Crippen molar-refractivity contribution < 1.29 is 20.1 Å². The molecule has 0 atom stereocenters. The highest BCUT2D eigenvalue weighted by atomic mass is 35.5. The van der Waals surface area contributed by atoms with Gasteiger partial charge in [0.2, 0.25) is 5.78 Å². The van der Waals surface area contributed by atoms with Gasteiger partial charge >= 0.3 is 0 Å². The fraction of sp³-hybridized carbons (Fsp3) is 0.0526. The number of aromatic hydroxyl groups is 2. The van der Waals surface area contributed by atoms with Crippen LogP contribution >= 0.6 is 23.2 Å². The Morgan fingerprint density at radius 1 is 0.963 bits per heavy atom. The number of aliphatic imine (C=N–C) groups is 1. The van der Waals surface area contributed by atoms with Crippen molar-refractivity contribution in [2.75, 3.05) is 5.32 Å². The molecule has 0 fully saturated rings. The first-order valence-corrected chi connectivity index (χ1v) is 8.51. The van der Waals surface area contributed by atoms with Crippen LogP contribution in [0.1, 0.15) is 6.92 Å². The number of rotatable bonds is 3. The van der Waals surface area contributed by atoms with Crippen molar-refractivity contribution in [2.24, 2.45) is 4.99 Å². The number of aliphatic hydroxyl groups is 1. The van der Waals surface area contributed by atoms with Gasteiger partial charge in [0.1, 0.15) is 23.0 Å². The molecule has 0 amide bonds. The fourth-order valence-electron chi connectivity index (χ4n) is 2.50. The molecule has 138 valence electrons. The molecule has 0 aliphatic heterocycles. The third kappa shape index (κ3) is 3.92. The maximum absolute atomic E-state index is 12.3. The van der Waals surface area contributed by atoms with E-state index in [0.29, 0.717) is 16.9 Å². The number of allylic oxidation sites excluding steroid dienone is 2. The standard InChI is InChI=1S/C19H14Cl2N2O4/c1-9-18(22-14-4-2-10(24)6-12(14)20)16(26)8-17(27)19(9)23-15-5-3-11(25)7-13(15)21/h2-8,22,24-25,27H,1H3/b23-19+. The average molecular weight is 405 g/mol. The quantitative estimate of drug-likeness (QED) is 0.430. The van der Waals surface area contributed by atoms with Gasteiger partial charge in [0.15, 0.2) is 0 Å². The minimum Gasteiger partial charge on any atom is -0.508 e. The molecule has 2 aromatic carbocycles. The molecule has 2 aromatic rings. The Hall–Kier alpha value is -2.96. The monoisotopic (exact) mass is 404 g/mol. The number of carbonyl (C=O) groups excluding carboxylic acids is 1. The number of aliphatic hydroxyl groups excluding tert-OH is 1. The van der Waals surface area contributed by atoms with Gasteiger partial charge in [-0.3, -0.25) is 4.79 Å².